The number of hydrogen-bond acceptors (Lipinski definition) is 3. The Kier molecular flexibility index (Phi) is 6.70. The molecule has 1 saturated heterocycles. The fourth-order valence-electron chi connectivity index (χ4n) is 3.84. The number of carbonyl (C=O) groups is 1. The van der Waals surface area contributed by atoms with E-state index in [0.717, 1.165) is 37.1 Å². The topological polar surface area (TPSA) is 61.8 Å². The van der Waals surface area contributed by atoms with Crippen molar-refractivity contribution in [3.05, 3.63) is 35.4 Å². The summed E-state index contributed by atoms with van der Waals surface area (Å²) in [6.07, 6.45) is 8.93. The minimum Gasteiger partial charge on any atom is -0.392 e. The van der Waals surface area contributed by atoms with Crippen molar-refractivity contribution in [1.82, 2.24) is 10.2 Å². The van der Waals surface area contributed by atoms with Crippen LogP contribution >= 0.6 is 0 Å². The molecule has 3 rings (SSSR count). The summed E-state index contributed by atoms with van der Waals surface area (Å²) >= 11 is 0. The number of rotatable bonds is 5. The van der Waals surface area contributed by atoms with E-state index in [1.165, 1.54) is 32.1 Å². The first-order valence-corrected chi connectivity index (χ1v) is 9.62. The SMILES string of the molecule is O=C(NCc1ccccc1CO)N1CCC(OC2CCCCC2)CC1. The summed E-state index contributed by atoms with van der Waals surface area (Å²) in [4.78, 5) is 14.3. The number of nitrogens with one attached hydrogen (secondary N) is 1. The third-order valence-corrected chi connectivity index (χ3v) is 5.39. The van der Waals surface area contributed by atoms with Crippen molar-refractivity contribution in [3.8, 4) is 0 Å². The molecule has 5 nitrogen and oxygen atoms in total. The number of benzene rings is 1. The lowest BCUT2D eigenvalue weighted by atomic mass is 9.97. The van der Waals surface area contributed by atoms with Gasteiger partial charge >= 0.3 is 6.03 Å². The predicted molar refractivity (Wildman–Crippen MR) is 97.2 cm³/mol. The Morgan fingerprint density at radius 2 is 1.68 bits per heavy atom. The molecule has 0 spiro atoms. The zero-order valence-electron chi connectivity index (χ0n) is 15.0. The average molecular weight is 346 g/mol. The zero-order chi connectivity index (χ0) is 17.5. The van der Waals surface area contributed by atoms with Gasteiger partial charge in [-0.05, 0) is 36.8 Å². The van der Waals surface area contributed by atoms with E-state index >= 15 is 0 Å². The van der Waals surface area contributed by atoms with Gasteiger partial charge in [0.15, 0.2) is 0 Å². The second-order valence-corrected chi connectivity index (χ2v) is 7.17. The van der Waals surface area contributed by atoms with Gasteiger partial charge in [-0.2, -0.15) is 0 Å². The van der Waals surface area contributed by atoms with Crippen LogP contribution in [0.5, 0.6) is 0 Å². The van der Waals surface area contributed by atoms with Crippen LogP contribution in [-0.4, -0.2) is 41.3 Å². The van der Waals surface area contributed by atoms with E-state index in [9.17, 15) is 9.90 Å². The molecule has 1 aromatic rings. The molecule has 1 aromatic carbocycles. The lowest BCUT2D eigenvalue weighted by Crippen LogP contribution is -2.46. The van der Waals surface area contributed by atoms with Gasteiger partial charge in [-0.25, -0.2) is 4.79 Å². The Hall–Kier alpha value is -1.59. The third kappa shape index (κ3) is 5.19. The summed E-state index contributed by atoms with van der Waals surface area (Å²) in [6, 6.07) is 7.62. The van der Waals surface area contributed by atoms with Gasteiger partial charge in [0.05, 0.1) is 18.8 Å². The van der Waals surface area contributed by atoms with E-state index in [4.69, 9.17) is 4.74 Å². The quantitative estimate of drug-likeness (QED) is 0.861. The molecular formula is C20H30N2O3. The highest BCUT2D eigenvalue weighted by Crippen LogP contribution is 2.24. The molecule has 1 heterocycles. The van der Waals surface area contributed by atoms with Crippen molar-refractivity contribution < 1.29 is 14.6 Å². The number of nitrogens with zero attached hydrogens (tertiary/aromatic N) is 1. The molecule has 0 bridgehead atoms. The molecule has 0 aromatic heterocycles. The Bertz CT molecular complexity index is 550. The summed E-state index contributed by atoms with van der Waals surface area (Å²) in [5.41, 5.74) is 1.83. The Morgan fingerprint density at radius 3 is 2.36 bits per heavy atom. The average Bonchev–Trinajstić information content (AvgIpc) is 2.67. The molecule has 2 aliphatic rings. The fourth-order valence-corrected chi connectivity index (χ4v) is 3.84. The number of aliphatic hydroxyl groups excluding tert-OH is 1. The minimum atomic E-state index is -0.0242. The molecular weight excluding hydrogens is 316 g/mol. The third-order valence-electron chi connectivity index (χ3n) is 5.39. The first kappa shape index (κ1) is 18.2. The molecule has 1 saturated carbocycles. The van der Waals surface area contributed by atoms with E-state index in [1.807, 2.05) is 29.2 Å². The van der Waals surface area contributed by atoms with Gasteiger partial charge in [0.25, 0.3) is 0 Å². The highest BCUT2D eigenvalue weighted by atomic mass is 16.5. The van der Waals surface area contributed by atoms with Crippen molar-refractivity contribution in [2.45, 2.75) is 70.3 Å². The molecule has 2 N–H and O–H groups in total. The standard InChI is InChI=1S/C20H30N2O3/c23-15-17-7-5-4-6-16(17)14-21-20(24)22-12-10-19(11-13-22)25-18-8-2-1-3-9-18/h4-7,18-19,23H,1-3,8-15H2,(H,21,24). The maximum atomic E-state index is 12.4. The van der Waals surface area contributed by atoms with Crippen molar-refractivity contribution >= 4 is 6.03 Å². The van der Waals surface area contributed by atoms with Crippen LogP contribution in [0.25, 0.3) is 0 Å². The number of aliphatic hydroxyl groups is 1. The highest BCUT2D eigenvalue weighted by molar-refractivity contribution is 5.74. The number of urea groups is 1. The largest absolute Gasteiger partial charge is 0.392 e. The van der Waals surface area contributed by atoms with Crippen LogP contribution in [0, 0.1) is 0 Å². The molecule has 0 radical (unpaired) electrons. The van der Waals surface area contributed by atoms with Crippen molar-refractivity contribution in [3.63, 3.8) is 0 Å². The van der Waals surface area contributed by atoms with Crippen LogP contribution in [0.2, 0.25) is 0 Å². The lowest BCUT2D eigenvalue weighted by molar-refractivity contribution is -0.0514. The second-order valence-electron chi connectivity index (χ2n) is 7.17. The molecule has 25 heavy (non-hydrogen) atoms. The monoisotopic (exact) mass is 346 g/mol. The van der Waals surface area contributed by atoms with Gasteiger partial charge in [0.2, 0.25) is 0 Å². The molecule has 2 amide bonds. The van der Waals surface area contributed by atoms with Crippen LogP contribution in [0.1, 0.15) is 56.1 Å². The predicted octanol–water partition coefficient (Wildman–Crippen LogP) is 3.20. The van der Waals surface area contributed by atoms with Crippen LogP contribution in [0.3, 0.4) is 0 Å². The second kappa shape index (κ2) is 9.20. The van der Waals surface area contributed by atoms with E-state index in [-0.39, 0.29) is 12.6 Å². The number of piperidine rings is 1. The first-order valence-electron chi connectivity index (χ1n) is 9.62. The fraction of sp³-hybridized carbons (Fsp3) is 0.650. The number of carbonyl (C=O) groups excluding carboxylic acids is 1. The number of ether oxygens (including phenoxy) is 1. The molecule has 0 unspecified atom stereocenters. The summed E-state index contributed by atoms with van der Waals surface area (Å²) in [5.74, 6) is 0. The Morgan fingerprint density at radius 1 is 1.04 bits per heavy atom. The zero-order valence-corrected chi connectivity index (χ0v) is 15.0. The van der Waals surface area contributed by atoms with Crippen LogP contribution in [0.4, 0.5) is 4.79 Å². The van der Waals surface area contributed by atoms with Gasteiger partial charge in [0, 0.05) is 19.6 Å². The number of likely N-dealkylation sites (tertiary alicyclic amines) is 1. The summed E-state index contributed by atoms with van der Waals surface area (Å²) in [5, 5.41) is 12.3. The molecule has 138 valence electrons. The molecule has 1 aliphatic heterocycles. The summed E-state index contributed by atoms with van der Waals surface area (Å²) in [7, 11) is 0. The van der Waals surface area contributed by atoms with Crippen molar-refractivity contribution in [2.24, 2.45) is 0 Å². The summed E-state index contributed by atoms with van der Waals surface area (Å²) < 4.78 is 6.23. The molecule has 2 fully saturated rings. The maximum absolute atomic E-state index is 12.4. The van der Waals surface area contributed by atoms with Gasteiger partial charge in [0.1, 0.15) is 0 Å². The molecule has 1 aliphatic carbocycles. The van der Waals surface area contributed by atoms with Gasteiger partial charge in [-0.3, -0.25) is 0 Å². The van der Waals surface area contributed by atoms with E-state index < -0.39 is 0 Å². The van der Waals surface area contributed by atoms with Gasteiger partial charge in [-0.15, -0.1) is 0 Å². The van der Waals surface area contributed by atoms with Crippen LogP contribution < -0.4 is 5.32 Å². The number of amides is 2. The Balaban J connectivity index is 1.40. The van der Waals surface area contributed by atoms with E-state index in [1.54, 1.807) is 0 Å². The molecule has 5 heteroatoms. The normalized spacial score (nSPS) is 19.8. The van der Waals surface area contributed by atoms with Crippen molar-refractivity contribution in [2.75, 3.05) is 13.1 Å². The highest BCUT2D eigenvalue weighted by Gasteiger charge is 2.26. The Labute approximate surface area is 150 Å². The minimum absolute atomic E-state index is 0.00402. The molecule has 0 atom stereocenters. The van der Waals surface area contributed by atoms with Gasteiger partial charge < -0.3 is 20.1 Å². The first-order chi connectivity index (χ1) is 12.3. The summed E-state index contributed by atoms with van der Waals surface area (Å²) in [6.45, 7) is 1.96. The van der Waals surface area contributed by atoms with E-state index in [2.05, 4.69) is 5.32 Å². The van der Waals surface area contributed by atoms with Gasteiger partial charge in [-0.1, -0.05) is 43.5 Å². The van der Waals surface area contributed by atoms with Crippen LogP contribution in [-0.2, 0) is 17.9 Å². The lowest BCUT2D eigenvalue weighted by Gasteiger charge is -2.35. The smallest absolute Gasteiger partial charge is 0.317 e. The van der Waals surface area contributed by atoms with E-state index in [0.29, 0.717) is 18.8 Å². The number of hydrogen-bond donors (Lipinski definition) is 2. The maximum Gasteiger partial charge on any atom is 0.317 e. The van der Waals surface area contributed by atoms with Crippen molar-refractivity contribution in [1.29, 1.82) is 0 Å². The van der Waals surface area contributed by atoms with Crippen LogP contribution in [0.15, 0.2) is 24.3 Å².